The van der Waals surface area contributed by atoms with E-state index < -0.39 is 9.84 Å². The molecule has 2 aromatic heterocycles. The number of benzene rings is 2. The first-order valence-corrected chi connectivity index (χ1v) is 17.2. The van der Waals surface area contributed by atoms with Gasteiger partial charge in [-0.05, 0) is 54.3 Å². The van der Waals surface area contributed by atoms with Crippen LogP contribution in [-0.4, -0.2) is 61.6 Å². The summed E-state index contributed by atoms with van der Waals surface area (Å²) in [6, 6.07) is 11.9. The molecule has 2 aliphatic rings. The number of ether oxygens (including phenoxy) is 1. The van der Waals surface area contributed by atoms with Gasteiger partial charge in [-0.2, -0.15) is 5.10 Å². The molecule has 6 rings (SSSR count). The number of hydrogen-bond donors (Lipinski definition) is 2. The molecule has 43 heavy (non-hydrogen) atoms. The maximum atomic E-state index is 13.5. The minimum absolute atomic E-state index is 0.123. The third-order valence-corrected chi connectivity index (χ3v) is 9.88. The number of anilines is 1. The topological polar surface area (TPSA) is 101 Å². The maximum Gasteiger partial charge on any atom is 0.148 e. The molecule has 0 radical (unpaired) electrons. The fourth-order valence-corrected chi connectivity index (χ4v) is 7.32. The van der Waals surface area contributed by atoms with Crippen LogP contribution >= 0.6 is 22.9 Å². The van der Waals surface area contributed by atoms with Crippen molar-refractivity contribution in [2.75, 3.05) is 37.5 Å². The highest BCUT2D eigenvalue weighted by molar-refractivity contribution is 7.90. The predicted octanol–water partition coefficient (Wildman–Crippen LogP) is 5.43. The molecule has 1 atom stereocenters. The lowest BCUT2D eigenvalue weighted by Gasteiger charge is -2.32. The number of hydrogen-bond acceptors (Lipinski definition) is 9. The fraction of sp³-hybridized carbons (Fsp3) is 0.333. The largest absolute Gasteiger partial charge is 0.487 e. The molecular weight excluding hydrogens is 611 g/mol. The van der Waals surface area contributed by atoms with Gasteiger partial charge in [0.05, 0.1) is 29.4 Å². The van der Waals surface area contributed by atoms with Crippen LogP contribution in [0.4, 0.5) is 15.1 Å². The summed E-state index contributed by atoms with van der Waals surface area (Å²) in [5.41, 5.74) is 6.22. The first kappa shape index (κ1) is 29.6. The van der Waals surface area contributed by atoms with Crippen molar-refractivity contribution in [2.24, 2.45) is 4.99 Å². The molecule has 1 unspecified atom stereocenters. The van der Waals surface area contributed by atoms with Crippen LogP contribution in [0, 0.1) is 5.82 Å². The van der Waals surface area contributed by atoms with Gasteiger partial charge in [-0.1, -0.05) is 23.7 Å². The lowest BCUT2D eigenvalue weighted by atomic mass is 9.92. The van der Waals surface area contributed by atoms with Crippen LogP contribution in [0.1, 0.15) is 28.6 Å². The van der Waals surface area contributed by atoms with Gasteiger partial charge in [-0.3, -0.25) is 4.68 Å². The monoisotopic (exact) mass is 642 g/mol. The van der Waals surface area contributed by atoms with Crippen molar-refractivity contribution in [3.05, 3.63) is 81.9 Å². The Labute approximate surface area is 259 Å². The zero-order valence-electron chi connectivity index (χ0n) is 23.8. The Morgan fingerprint density at radius 3 is 2.84 bits per heavy atom. The van der Waals surface area contributed by atoms with Crippen molar-refractivity contribution in [3.63, 3.8) is 0 Å². The van der Waals surface area contributed by atoms with Crippen molar-refractivity contribution >= 4 is 49.8 Å². The van der Waals surface area contributed by atoms with E-state index in [0.29, 0.717) is 30.4 Å². The number of fused-ring (bicyclic) bond motifs is 5. The summed E-state index contributed by atoms with van der Waals surface area (Å²) in [5, 5.41) is 13.1. The Morgan fingerprint density at radius 2 is 2.05 bits per heavy atom. The molecule has 1 aliphatic carbocycles. The van der Waals surface area contributed by atoms with Gasteiger partial charge >= 0.3 is 0 Å². The molecule has 1 aliphatic heterocycles. The quantitative estimate of drug-likeness (QED) is 0.210. The van der Waals surface area contributed by atoms with Gasteiger partial charge < -0.3 is 20.3 Å². The highest BCUT2D eigenvalue weighted by Gasteiger charge is 2.33. The Morgan fingerprint density at radius 1 is 1.19 bits per heavy atom. The molecule has 0 fully saturated rings. The molecule has 13 heteroatoms. The van der Waals surface area contributed by atoms with Crippen LogP contribution in [0.15, 0.2) is 53.7 Å². The molecule has 2 aromatic carbocycles. The van der Waals surface area contributed by atoms with Crippen LogP contribution in [0.3, 0.4) is 0 Å². The lowest BCUT2D eigenvalue weighted by Crippen LogP contribution is -2.32. The van der Waals surface area contributed by atoms with E-state index in [0.717, 1.165) is 45.9 Å². The minimum Gasteiger partial charge on any atom is -0.487 e. The van der Waals surface area contributed by atoms with Crippen LogP contribution in [-0.2, 0) is 35.8 Å². The second-order valence-corrected chi connectivity index (χ2v) is 14.4. The third-order valence-electron chi connectivity index (χ3n) is 7.45. The Balaban J connectivity index is 1.16. The average molecular weight is 643 g/mol. The van der Waals surface area contributed by atoms with E-state index in [9.17, 15) is 12.8 Å². The molecule has 0 bridgehead atoms. The van der Waals surface area contributed by atoms with E-state index in [2.05, 4.69) is 21.7 Å². The van der Waals surface area contributed by atoms with Crippen molar-refractivity contribution < 1.29 is 17.5 Å². The summed E-state index contributed by atoms with van der Waals surface area (Å²) in [5.74, 6) is 0.347. The predicted molar refractivity (Wildman–Crippen MR) is 170 cm³/mol. The zero-order valence-corrected chi connectivity index (χ0v) is 26.2. The Kier molecular flexibility index (Phi) is 8.45. The summed E-state index contributed by atoms with van der Waals surface area (Å²) < 4.78 is 44.0. The van der Waals surface area contributed by atoms with Crippen molar-refractivity contribution in [2.45, 2.75) is 32.2 Å². The van der Waals surface area contributed by atoms with E-state index in [-0.39, 0.29) is 24.3 Å². The van der Waals surface area contributed by atoms with Gasteiger partial charge in [0.15, 0.2) is 0 Å². The number of halogens is 2. The van der Waals surface area contributed by atoms with Crippen LogP contribution in [0.5, 0.6) is 5.75 Å². The van der Waals surface area contributed by atoms with Crippen molar-refractivity contribution in [3.8, 4) is 16.2 Å². The van der Waals surface area contributed by atoms with Crippen molar-refractivity contribution in [1.82, 2.24) is 20.0 Å². The van der Waals surface area contributed by atoms with Crippen LogP contribution in [0.25, 0.3) is 10.4 Å². The van der Waals surface area contributed by atoms with Gasteiger partial charge in [0.25, 0.3) is 0 Å². The van der Waals surface area contributed by atoms with Gasteiger partial charge in [0.1, 0.15) is 39.2 Å². The van der Waals surface area contributed by atoms with Crippen molar-refractivity contribution in [1.29, 1.82) is 0 Å². The fourth-order valence-electron chi connectivity index (χ4n) is 5.32. The van der Waals surface area contributed by atoms with Gasteiger partial charge in [-0.15, -0.1) is 11.3 Å². The van der Waals surface area contributed by atoms with E-state index >= 15 is 0 Å². The molecule has 9 nitrogen and oxygen atoms in total. The second kappa shape index (κ2) is 12.3. The van der Waals surface area contributed by atoms with E-state index in [1.165, 1.54) is 28.8 Å². The smallest absolute Gasteiger partial charge is 0.148 e. The van der Waals surface area contributed by atoms with Gasteiger partial charge in [0, 0.05) is 54.3 Å². The number of aryl methyl sites for hydroxylation is 1. The number of nitrogens with one attached hydrogen (secondary N) is 2. The molecular formula is C30H32ClFN6O3S2. The Hall–Kier alpha value is -3.45. The normalized spacial score (nSPS) is 15.6. The highest BCUT2D eigenvalue weighted by atomic mass is 35.5. The summed E-state index contributed by atoms with van der Waals surface area (Å²) in [6.07, 6.45) is 6.74. The minimum atomic E-state index is -2.98. The molecule has 4 aromatic rings. The number of sulfone groups is 1. The Bertz CT molecular complexity index is 1790. The van der Waals surface area contributed by atoms with Gasteiger partial charge in [0.2, 0.25) is 0 Å². The molecule has 226 valence electrons. The molecule has 0 spiro atoms. The highest BCUT2D eigenvalue weighted by Crippen LogP contribution is 2.50. The number of aromatic nitrogens is 2. The van der Waals surface area contributed by atoms with E-state index in [1.807, 2.05) is 42.3 Å². The standard InChI is InChI=1S/C30H32ClFN6O3S2/c1-37-18-34-30-27(29(37)35-21-6-9-26(24(31)15-21)41-17-19-4-3-5-20(32)14-19)22-7-8-25-23(28(22)42-30)16-38(36-25)12-10-33-11-13-43(2,39)40/h3-6,9,14-16,18,29,33,35H,7-8,10-13,17H2,1-2H3. The molecule has 0 saturated heterocycles. The van der Waals surface area contributed by atoms with E-state index in [4.69, 9.17) is 26.4 Å². The number of aliphatic imine (C=N–C) groups is 1. The SMILES string of the molecule is CN1C=Nc2sc3c(c2C1Nc1ccc(OCc2cccc(F)c2)c(Cl)c1)CCc1nn(CCNCCS(C)(=O)=O)cc1-3. The summed E-state index contributed by atoms with van der Waals surface area (Å²) >= 11 is 8.27. The van der Waals surface area contributed by atoms with E-state index in [1.54, 1.807) is 17.4 Å². The second-order valence-electron chi connectivity index (χ2n) is 10.8. The number of rotatable bonds is 11. The molecule has 0 amide bonds. The average Bonchev–Trinajstić information content (AvgIpc) is 3.55. The van der Waals surface area contributed by atoms with Crippen LogP contribution in [0.2, 0.25) is 5.02 Å². The first-order chi connectivity index (χ1) is 20.6. The molecule has 3 heterocycles. The zero-order chi connectivity index (χ0) is 30.1. The van der Waals surface area contributed by atoms with Gasteiger partial charge in [-0.25, -0.2) is 17.8 Å². The summed E-state index contributed by atoms with van der Waals surface area (Å²) in [4.78, 5) is 8.00. The molecule has 2 N–H and O–H groups in total. The first-order valence-electron chi connectivity index (χ1n) is 13.9. The third kappa shape index (κ3) is 6.72. The summed E-state index contributed by atoms with van der Waals surface area (Å²) in [6.45, 7) is 1.94. The number of thiophene rings is 1. The number of nitrogens with zero attached hydrogens (tertiary/aromatic N) is 4. The maximum absolute atomic E-state index is 13.5. The summed E-state index contributed by atoms with van der Waals surface area (Å²) in [7, 11) is -0.984. The van der Waals surface area contributed by atoms with Crippen LogP contribution < -0.4 is 15.4 Å². The lowest BCUT2D eigenvalue weighted by molar-refractivity contribution is 0.306. The molecule has 0 saturated carbocycles.